The molecular formula is C25H36O7. The first kappa shape index (κ1) is 23.2. The first-order chi connectivity index (χ1) is 15.0. The van der Waals surface area contributed by atoms with Crippen LogP contribution in [0.1, 0.15) is 79.1 Å². The van der Waals surface area contributed by atoms with Crippen LogP contribution in [0, 0.1) is 34.5 Å². The number of hydrogen-bond acceptors (Lipinski definition) is 7. The van der Waals surface area contributed by atoms with Crippen molar-refractivity contribution < 1.29 is 33.4 Å². The summed E-state index contributed by atoms with van der Waals surface area (Å²) >= 11 is 0. The van der Waals surface area contributed by atoms with Gasteiger partial charge in [0.2, 0.25) is 0 Å². The van der Waals surface area contributed by atoms with Gasteiger partial charge in [0.15, 0.2) is 0 Å². The number of carbonyl (C=O) groups is 4. The summed E-state index contributed by atoms with van der Waals surface area (Å²) in [7, 11) is 0. The third kappa shape index (κ3) is 4.08. The van der Waals surface area contributed by atoms with Crippen LogP contribution in [0.2, 0.25) is 0 Å². The van der Waals surface area contributed by atoms with Gasteiger partial charge in [-0.15, -0.1) is 0 Å². The van der Waals surface area contributed by atoms with Crippen molar-refractivity contribution in [1.29, 1.82) is 0 Å². The third-order valence-corrected chi connectivity index (χ3v) is 9.14. The van der Waals surface area contributed by atoms with Crippen LogP contribution in [0.4, 0.5) is 0 Å². The van der Waals surface area contributed by atoms with E-state index in [1.165, 1.54) is 20.8 Å². The van der Waals surface area contributed by atoms with Gasteiger partial charge in [0.1, 0.15) is 18.0 Å². The molecule has 32 heavy (non-hydrogen) atoms. The molecule has 0 bridgehead atoms. The number of carbonyl (C=O) groups excluding carboxylic acids is 4. The Morgan fingerprint density at radius 2 is 1.59 bits per heavy atom. The van der Waals surface area contributed by atoms with Gasteiger partial charge in [-0.1, -0.05) is 6.92 Å². The van der Waals surface area contributed by atoms with Gasteiger partial charge < -0.3 is 14.2 Å². The van der Waals surface area contributed by atoms with E-state index in [-0.39, 0.29) is 77.0 Å². The van der Waals surface area contributed by atoms with E-state index in [1.807, 2.05) is 0 Å². The van der Waals surface area contributed by atoms with E-state index < -0.39 is 0 Å². The highest BCUT2D eigenvalue weighted by Crippen LogP contribution is 2.65. The monoisotopic (exact) mass is 448 g/mol. The fourth-order valence-corrected chi connectivity index (χ4v) is 7.84. The number of ketones is 1. The Hall–Kier alpha value is -1.92. The molecule has 0 aromatic rings. The van der Waals surface area contributed by atoms with Crippen molar-refractivity contribution in [3.05, 3.63) is 0 Å². The molecule has 4 saturated carbocycles. The maximum Gasteiger partial charge on any atom is 0.302 e. The second-order valence-corrected chi connectivity index (χ2v) is 11.0. The van der Waals surface area contributed by atoms with Crippen molar-refractivity contribution in [2.24, 2.45) is 34.5 Å². The van der Waals surface area contributed by atoms with Gasteiger partial charge in [-0.05, 0) is 68.1 Å². The highest BCUT2D eigenvalue weighted by atomic mass is 16.5. The van der Waals surface area contributed by atoms with E-state index in [1.54, 1.807) is 0 Å². The zero-order valence-corrected chi connectivity index (χ0v) is 19.7. The average molecular weight is 449 g/mol. The van der Waals surface area contributed by atoms with Crippen LogP contribution in [-0.2, 0) is 33.4 Å². The summed E-state index contributed by atoms with van der Waals surface area (Å²) in [5.41, 5.74) is -0.275. The van der Waals surface area contributed by atoms with Gasteiger partial charge in [0, 0.05) is 38.5 Å². The Balaban J connectivity index is 1.60. The van der Waals surface area contributed by atoms with E-state index in [0.717, 1.165) is 32.1 Å². The molecule has 4 aliphatic rings. The minimum Gasteiger partial charge on any atom is -0.465 e. The molecular weight excluding hydrogens is 412 g/mol. The Morgan fingerprint density at radius 1 is 0.906 bits per heavy atom. The van der Waals surface area contributed by atoms with Gasteiger partial charge in [-0.25, -0.2) is 0 Å². The lowest BCUT2D eigenvalue weighted by atomic mass is 9.45. The highest BCUT2D eigenvalue weighted by molar-refractivity contribution is 5.83. The van der Waals surface area contributed by atoms with Crippen molar-refractivity contribution in [3.63, 3.8) is 0 Å². The zero-order chi connectivity index (χ0) is 23.3. The van der Waals surface area contributed by atoms with Crippen LogP contribution in [-0.4, -0.2) is 42.5 Å². The van der Waals surface area contributed by atoms with Crippen molar-refractivity contribution in [2.75, 3.05) is 6.61 Å². The Labute approximate surface area is 189 Å². The Morgan fingerprint density at radius 3 is 2.25 bits per heavy atom. The van der Waals surface area contributed by atoms with E-state index in [2.05, 4.69) is 6.92 Å². The molecule has 0 spiro atoms. The van der Waals surface area contributed by atoms with E-state index in [4.69, 9.17) is 14.2 Å². The third-order valence-electron chi connectivity index (χ3n) is 9.14. The molecule has 4 aliphatic carbocycles. The number of ether oxygens (including phenoxy) is 3. The molecule has 0 N–H and O–H groups in total. The molecule has 0 heterocycles. The van der Waals surface area contributed by atoms with Crippen molar-refractivity contribution in [2.45, 2.75) is 91.3 Å². The number of Topliss-reactive ketones (excluding diaryl/α,β-unsaturated/α-hetero) is 1. The van der Waals surface area contributed by atoms with Gasteiger partial charge in [0.25, 0.3) is 0 Å². The standard InChI is InChI=1S/C25H36O7/c1-14(26)30-13-25-8-6-20-23(21(25)11-19(12-25)32-16(3)28)22(29)10-17-9-18(31-15(2)27)5-7-24(17,20)4/h17-21,23H,5-13H2,1-4H3/t17-,18-,19+,20-,21+,23+,24+,25-/m1/s1. The maximum absolute atomic E-state index is 13.6. The van der Waals surface area contributed by atoms with Crippen LogP contribution in [0.3, 0.4) is 0 Å². The second-order valence-electron chi connectivity index (χ2n) is 11.0. The molecule has 0 aromatic carbocycles. The molecule has 0 aliphatic heterocycles. The molecule has 8 atom stereocenters. The minimum atomic E-state index is -0.318. The summed E-state index contributed by atoms with van der Waals surface area (Å²) in [4.78, 5) is 48.3. The maximum atomic E-state index is 13.6. The predicted molar refractivity (Wildman–Crippen MR) is 114 cm³/mol. The summed E-state index contributed by atoms with van der Waals surface area (Å²) in [5.74, 6) is -0.150. The molecule has 0 amide bonds. The highest BCUT2D eigenvalue weighted by Gasteiger charge is 2.64. The van der Waals surface area contributed by atoms with Gasteiger partial charge in [-0.2, -0.15) is 0 Å². The van der Waals surface area contributed by atoms with Crippen LogP contribution >= 0.6 is 0 Å². The lowest BCUT2D eigenvalue weighted by molar-refractivity contribution is -0.171. The SMILES string of the molecule is CC(=O)OC[C@]12CC[C@@H]3[C@H](C(=O)C[C@H]4C[C@H](OC(C)=O)CC[C@@]43C)[C@@H]1C[C@H](OC(C)=O)C2. The predicted octanol–water partition coefficient (Wildman–Crippen LogP) is 3.61. The Kier molecular flexibility index (Phi) is 6.14. The normalized spacial score (nSPS) is 42.8. The number of rotatable bonds is 4. The van der Waals surface area contributed by atoms with Crippen LogP contribution < -0.4 is 0 Å². The summed E-state index contributed by atoms with van der Waals surface area (Å²) in [5, 5.41) is 0. The molecule has 7 heteroatoms. The first-order valence-electron chi connectivity index (χ1n) is 12.0. The quantitative estimate of drug-likeness (QED) is 0.479. The van der Waals surface area contributed by atoms with Crippen LogP contribution in [0.15, 0.2) is 0 Å². The van der Waals surface area contributed by atoms with Crippen molar-refractivity contribution >= 4 is 23.7 Å². The molecule has 0 unspecified atom stereocenters. The van der Waals surface area contributed by atoms with Gasteiger partial charge >= 0.3 is 17.9 Å². The fourth-order valence-electron chi connectivity index (χ4n) is 7.84. The first-order valence-corrected chi connectivity index (χ1v) is 12.0. The number of esters is 3. The minimum absolute atomic E-state index is 0.0301. The zero-order valence-electron chi connectivity index (χ0n) is 19.7. The van der Waals surface area contributed by atoms with Crippen molar-refractivity contribution in [1.82, 2.24) is 0 Å². The summed E-state index contributed by atoms with van der Waals surface area (Å²) in [6, 6.07) is 0. The average Bonchev–Trinajstić information content (AvgIpc) is 3.05. The van der Waals surface area contributed by atoms with E-state index >= 15 is 0 Å². The summed E-state index contributed by atoms with van der Waals surface area (Å²) in [6.07, 6.45) is 5.80. The fraction of sp³-hybridized carbons (Fsp3) is 0.840. The lowest BCUT2D eigenvalue weighted by Crippen LogP contribution is -2.57. The van der Waals surface area contributed by atoms with Gasteiger partial charge in [-0.3, -0.25) is 19.2 Å². The molecule has 0 aromatic heterocycles. The van der Waals surface area contributed by atoms with Crippen LogP contribution in [0.25, 0.3) is 0 Å². The molecule has 4 fully saturated rings. The molecule has 7 nitrogen and oxygen atoms in total. The van der Waals surface area contributed by atoms with E-state index in [0.29, 0.717) is 19.3 Å². The molecule has 178 valence electrons. The summed E-state index contributed by atoms with van der Waals surface area (Å²) in [6.45, 7) is 6.88. The molecule has 0 radical (unpaired) electrons. The topological polar surface area (TPSA) is 96.0 Å². The smallest absolute Gasteiger partial charge is 0.302 e. The van der Waals surface area contributed by atoms with Crippen molar-refractivity contribution in [3.8, 4) is 0 Å². The van der Waals surface area contributed by atoms with Gasteiger partial charge in [0.05, 0.1) is 6.61 Å². The molecule has 4 rings (SSSR count). The number of hydrogen-bond donors (Lipinski definition) is 0. The second kappa shape index (κ2) is 8.45. The largest absolute Gasteiger partial charge is 0.465 e. The number of fused-ring (bicyclic) bond motifs is 5. The molecule has 0 saturated heterocycles. The Bertz CT molecular complexity index is 806. The van der Waals surface area contributed by atoms with Crippen LogP contribution in [0.5, 0.6) is 0 Å². The lowest BCUT2D eigenvalue weighted by Gasteiger charge is -2.59. The van der Waals surface area contributed by atoms with E-state index in [9.17, 15) is 19.2 Å². The summed E-state index contributed by atoms with van der Waals surface area (Å²) < 4.78 is 16.6.